The Bertz CT molecular complexity index is 907. The van der Waals surface area contributed by atoms with Gasteiger partial charge < -0.3 is 9.73 Å². The van der Waals surface area contributed by atoms with Crippen molar-refractivity contribution >= 4 is 22.6 Å². The number of nitrogens with one attached hydrogen (secondary N) is 1. The van der Waals surface area contributed by atoms with Crippen LogP contribution < -0.4 is 5.32 Å². The monoisotopic (exact) mass is 305 g/mol. The Morgan fingerprint density at radius 3 is 2.83 bits per heavy atom. The summed E-state index contributed by atoms with van der Waals surface area (Å²) in [4.78, 5) is 12.5. The summed E-state index contributed by atoms with van der Waals surface area (Å²) in [6.07, 6.45) is 1.52. The molecule has 4 rings (SSSR count). The summed E-state index contributed by atoms with van der Waals surface area (Å²) < 4.78 is 5.97. The molecule has 1 atom stereocenters. The third-order valence-corrected chi connectivity index (χ3v) is 4.67. The van der Waals surface area contributed by atoms with E-state index in [0.717, 1.165) is 40.0 Å². The maximum atomic E-state index is 12.5. The van der Waals surface area contributed by atoms with Crippen molar-refractivity contribution in [3.8, 4) is 0 Å². The molecule has 1 unspecified atom stereocenters. The molecule has 3 heteroatoms. The third kappa shape index (κ3) is 2.24. The molecule has 0 aliphatic carbocycles. The average Bonchev–Trinajstić information content (AvgIpc) is 3.06. The highest BCUT2D eigenvalue weighted by Gasteiger charge is 2.32. The molecule has 2 aromatic carbocycles. The molecule has 3 nitrogen and oxygen atoms in total. The van der Waals surface area contributed by atoms with Crippen molar-refractivity contribution in [2.75, 3.05) is 5.32 Å². The van der Waals surface area contributed by atoms with E-state index < -0.39 is 0 Å². The number of carbonyl (C=O) groups is 1. The molecule has 1 aliphatic heterocycles. The average molecular weight is 305 g/mol. The van der Waals surface area contributed by atoms with Gasteiger partial charge in [-0.3, -0.25) is 4.79 Å². The number of para-hydroxylation sites is 1. The predicted octanol–water partition coefficient (Wildman–Crippen LogP) is 4.58. The molecular weight excluding hydrogens is 286 g/mol. The van der Waals surface area contributed by atoms with Crippen LogP contribution >= 0.6 is 0 Å². The van der Waals surface area contributed by atoms with Crippen molar-refractivity contribution in [3.63, 3.8) is 0 Å². The first-order chi connectivity index (χ1) is 11.2. The summed E-state index contributed by atoms with van der Waals surface area (Å²) in [6, 6.07) is 14.2. The lowest BCUT2D eigenvalue weighted by Crippen LogP contribution is -2.14. The van der Waals surface area contributed by atoms with Crippen LogP contribution in [0.4, 0.5) is 5.69 Å². The molecule has 0 saturated carbocycles. The first-order valence-electron chi connectivity index (χ1n) is 8.08. The number of carbonyl (C=O) groups excluding carboxylic acids is 1. The standard InChI is InChI=1S/C20H19NO2/c1-3-18-15(13-6-4-5-7-19(13)23-18)11-16-14-10-12(2)8-9-17(14)21-20(16)22/h4-10,16H,3,11H2,1-2H3,(H,21,22). The maximum absolute atomic E-state index is 12.5. The molecule has 3 aromatic rings. The lowest BCUT2D eigenvalue weighted by atomic mass is 9.90. The van der Waals surface area contributed by atoms with Gasteiger partial charge in [-0.15, -0.1) is 0 Å². The number of benzene rings is 2. The lowest BCUT2D eigenvalue weighted by Gasteiger charge is -2.10. The van der Waals surface area contributed by atoms with Gasteiger partial charge in [-0.25, -0.2) is 0 Å². The molecular formula is C20H19NO2. The van der Waals surface area contributed by atoms with Gasteiger partial charge in [0.25, 0.3) is 0 Å². The summed E-state index contributed by atoms with van der Waals surface area (Å²) in [5.41, 5.74) is 5.29. The number of hydrogen-bond donors (Lipinski definition) is 1. The summed E-state index contributed by atoms with van der Waals surface area (Å²) >= 11 is 0. The fourth-order valence-electron chi connectivity index (χ4n) is 3.51. The summed E-state index contributed by atoms with van der Waals surface area (Å²) in [7, 11) is 0. The molecule has 1 aliphatic rings. The SMILES string of the molecule is CCc1oc2ccccc2c1CC1C(=O)Nc2ccc(C)cc21. The van der Waals surface area contributed by atoms with E-state index in [-0.39, 0.29) is 11.8 Å². The van der Waals surface area contributed by atoms with Gasteiger partial charge >= 0.3 is 0 Å². The Balaban J connectivity index is 1.80. The van der Waals surface area contributed by atoms with E-state index in [9.17, 15) is 4.79 Å². The molecule has 0 fully saturated rings. The number of rotatable bonds is 3. The molecule has 23 heavy (non-hydrogen) atoms. The molecule has 0 bridgehead atoms. The second-order valence-electron chi connectivity index (χ2n) is 6.19. The Hall–Kier alpha value is -2.55. The second kappa shape index (κ2) is 5.27. The van der Waals surface area contributed by atoms with Gasteiger partial charge in [-0.2, -0.15) is 0 Å². The van der Waals surface area contributed by atoms with Gasteiger partial charge in [0.1, 0.15) is 11.3 Å². The summed E-state index contributed by atoms with van der Waals surface area (Å²) in [6.45, 7) is 4.15. The molecule has 1 N–H and O–H groups in total. The van der Waals surface area contributed by atoms with Gasteiger partial charge in [0.15, 0.2) is 0 Å². The van der Waals surface area contributed by atoms with E-state index in [1.807, 2.05) is 30.3 Å². The highest BCUT2D eigenvalue weighted by molar-refractivity contribution is 6.03. The zero-order valence-corrected chi connectivity index (χ0v) is 13.3. The smallest absolute Gasteiger partial charge is 0.232 e. The number of hydrogen-bond acceptors (Lipinski definition) is 2. The molecule has 1 amide bonds. The first kappa shape index (κ1) is 14.1. The van der Waals surface area contributed by atoms with Crippen molar-refractivity contribution in [2.24, 2.45) is 0 Å². The lowest BCUT2D eigenvalue weighted by molar-refractivity contribution is -0.117. The minimum atomic E-state index is -0.142. The van der Waals surface area contributed by atoms with Crippen molar-refractivity contribution in [2.45, 2.75) is 32.6 Å². The van der Waals surface area contributed by atoms with E-state index in [2.05, 4.69) is 31.3 Å². The normalized spacial score (nSPS) is 16.6. The largest absolute Gasteiger partial charge is 0.461 e. The fourth-order valence-corrected chi connectivity index (χ4v) is 3.51. The second-order valence-corrected chi connectivity index (χ2v) is 6.19. The number of fused-ring (bicyclic) bond motifs is 2. The maximum Gasteiger partial charge on any atom is 0.232 e. The van der Waals surface area contributed by atoms with Crippen LogP contribution in [0.5, 0.6) is 0 Å². The zero-order valence-electron chi connectivity index (χ0n) is 13.3. The van der Waals surface area contributed by atoms with Crippen molar-refractivity contribution in [3.05, 3.63) is 64.9 Å². The van der Waals surface area contributed by atoms with E-state index in [0.29, 0.717) is 6.42 Å². The van der Waals surface area contributed by atoms with E-state index in [1.54, 1.807) is 0 Å². The molecule has 0 radical (unpaired) electrons. The Morgan fingerprint density at radius 2 is 2.00 bits per heavy atom. The van der Waals surface area contributed by atoms with Gasteiger partial charge in [-0.1, -0.05) is 42.8 Å². The number of furan rings is 1. The van der Waals surface area contributed by atoms with Gasteiger partial charge in [-0.05, 0) is 31.0 Å². The molecule has 0 spiro atoms. The van der Waals surface area contributed by atoms with E-state index in [1.165, 1.54) is 5.56 Å². The van der Waals surface area contributed by atoms with E-state index >= 15 is 0 Å². The highest BCUT2D eigenvalue weighted by Crippen LogP contribution is 2.38. The van der Waals surface area contributed by atoms with E-state index in [4.69, 9.17) is 4.42 Å². The van der Waals surface area contributed by atoms with Crippen molar-refractivity contribution < 1.29 is 9.21 Å². The molecule has 0 saturated heterocycles. The Morgan fingerprint density at radius 1 is 1.17 bits per heavy atom. The van der Waals surface area contributed by atoms with Gasteiger partial charge in [0, 0.05) is 23.1 Å². The summed E-state index contributed by atoms with van der Waals surface area (Å²) in [5, 5.41) is 4.13. The van der Waals surface area contributed by atoms with Crippen LogP contribution in [-0.4, -0.2) is 5.91 Å². The highest BCUT2D eigenvalue weighted by atomic mass is 16.3. The number of amides is 1. The number of aryl methyl sites for hydroxylation is 2. The van der Waals surface area contributed by atoms with Crippen LogP contribution in [0.1, 0.15) is 35.3 Å². The molecule has 1 aromatic heterocycles. The third-order valence-electron chi connectivity index (χ3n) is 4.67. The van der Waals surface area contributed by atoms with Gasteiger partial charge in [0.05, 0.1) is 5.92 Å². The minimum absolute atomic E-state index is 0.0814. The van der Waals surface area contributed by atoms with Crippen molar-refractivity contribution in [1.82, 2.24) is 0 Å². The van der Waals surface area contributed by atoms with Gasteiger partial charge in [0.2, 0.25) is 5.91 Å². The Labute approximate surface area is 135 Å². The Kier molecular flexibility index (Phi) is 3.22. The van der Waals surface area contributed by atoms with Crippen LogP contribution in [-0.2, 0) is 17.6 Å². The molecule has 2 heterocycles. The van der Waals surface area contributed by atoms with Crippen LogP contribution in [0.2, 0.25) is 0 Å². The van der Waals surface area contributed by atoms with Crippen LogP contribution in [0, 0.1) is 6.92 Å². The topological polar surface area (TPSA) is 42.2 Å². The first-order valence-corrected chi connectivity index (χ1v) is 8.08. The summed E-state index contributed by atoms with van der Waals surface area (Å²) in [5.74, 6) is 0.925. The number of anilines is 1. The zero-order chi connectivity index (χ0) is 16.0. The van der Waals surface area contributed by atoms with Crippen LogP contribution in [0.25, 0.3) is 11.0 Å². The predicted molar refractivity (Wildman–Crippen MR) is 91.8 cm³/mol. The fraction of sp³-hybridized carbons (Fsp3) is 0.250. The van der Waals surface area contributed by atoms with Crippen LogP contribution in [0.3, 0.4) is 0 Å². The minimum Gasteiger partial charge on any atom is -0.461 e. The molecule has 116 valence electrons. The van der Waals surface area contributed by atoms with Crippen molar-refractivity contribution in [1.29, 1.82) is 0 Å². The quantitative estimate of drug-likeness (QED) is 0.769. The van der Waals surface area contributed by atoms with Crippen LogP contribution in [0.15, 0.2) is 46.9 Å².